The van der Waals surface area contributed by atoms with E-state index in [1.165, 1.54) is 6.54 Å². The van der Waals surface area contributed by atoms with E-state index in [1.54, 1.807) is 0 Å². The fourth-order valence-electron chi connectivity index (χ4n) is 0.452. The predicted octanol–water partition coefficient (Wildman–Crippen LogP) is 0.539. The van der Waals surface area contributed by atoms with Crippen LogP contribution in [0.1, 0.15) is 0 Å². The summed E-state index contributed by atoms with van der Waals surface area (Å²) in [6.07, 6.45) is 0. The highest BCUT2D eigenvalue weighted by Crippen LogP contribution is 2.13. The maximum Gasteiger partial charge on any atom is 0.0391 e. The average Bonchev–Trinajstić information content (AvgIpc) is 2.19. The Labute approximate surface area is 42.9 Å². The monoisotopic (exact) mass is 105 g/mol. The van der Waals surface area contributed by atoms with Crippen LogP contribution in [0.3, 0.4) is 0 Å². The molecule has 1 saturated heterocycles. The second-order valence-corrected chi connectivity index (χ2v) is 2.06. The van der Waals surface area contributed by atoms with Crippen LogP contribution in [0.4, 0.5) is 0 Å². The van der Waals surface area contributed by atoms with Crippen molar-refractivity contribution in [1.82, 2.24) is 4.90 Å². The quantitative estimate of drug-likeness (QED) is 0.348. The lowest BCUT2D eigenvalue weighted by atomic mass is 10.6. The van der Waals surface area contributed by atoms with E-state index in [0.29, 0.717) is 6.04 Å². The Bertz CT molecular complexity index is 53.5. The van der Waals surface area contributed by atoms with Crippen LogP contribution in [0.15, 0.2) is 0 Å². The second kappa shape index (κ2) is 1.39. The summed E-state index contributed by atoms with van der Waals surface area (Å²) >= 11 is 5.45. The lowest BCUT2D eigenvalue weighted by Crippen LogP contribution is -1.93. The first kappa shape index (κ1) is 4.41. The van der Waals surface area contributed by atoms with Crippen molar-refractivity contribution < 1.29 is 0 Å². The highest BCUT2D eigenvalue weighted by Gasteiger charge is 2.27. The maximum atomic E-state index is 5.45. The SMILES string of the molecule is CN1CC1CCl. The van der Waals surface area contributed by atoms with E-state index in [1.807, 2.05) is 0 Å². The van der Waals surface area contributed by atoms with Crippen molar-refractivity contribution in [2.24, 2.45) is 0 Å². The highest BCUT2D eigenvalue weighted by molar-refractivity contribution is 6.18. The molecule has 36 valence electrons. The first-order valence-corrected chi connectivity index (χ1v) is 2.64. The summed E-state index contributed by atoms with van der Waals surface area (Å²) in [5, 5.41) is 0. The van der Waals surface area contributed by atoms with Crippen molar-refractivity contribution in [3.8, 4) is 0 Å². The number of halogens is 1. The molecule has 2 atom stereocenters. The molecule has 0 aromatic carbocycles. The molecule has 1 fully saturated rings. The topological polar surface area (TPSA) is 3.01 Å². The maximum absolute atomic E-state index is 5.45. The van der Waals surface area contributed by atoms with Gasteiger partial charge in [-0.3, -0.25) is 4.90 Å². The third-order valence-electron chi connectivity index (χ3n) is 1.17. The molecular weight excluding hydrogens is 97.5 g/mol. The van der Waals surface area contributed by atoms with Crippen molar-refractivity contribution in [2.75, 3.05) is 19.5 Å². The fourth-order valence-corrected chi connectivity index (χ4v) is 0.785. The van der Waals surface area contributed by atoms with Crippen molar-refractivity contribution in [1.29, 1.82) is 0 Å². The molecular formula is C4H8ClN. The highest BCUT2D eigenvalue weighted by atomic mass is 35.5. The molecule has 0 spiro atoms. The van der Waals surface area contributed by atoms with Gasteiger partial charge in [-0.25, -0.2) is 0 Å². The Kier molecular flexibility index (Phi) is 1.02. The van der Waals surface area contributed by atoms with Gasteiger partial charge in [0, 0.05) is 18.5 Å². The molecule has 0 N–H and O–H groups in total. The summed E-state index contributed by atoms with van der Waals surface area (Å²) in [5.41, 5.74) is 0. The van der Waals surface area contributed by atoms with Crippen LogP contribution < -0.4 is 0 Å². The van der Waals surface area contributed by atoms with Gasteiger partial charge in [0.2, 0.25) is 0 Å². The van der Waals surface area contributed by atoms with Gasteiger partial charge in [-0.05, 0) is 7.05 Å². The predicted molar refractivity (Wildman–Crippen MR) is 27.1 cm³/mol. The van der Waals surface area contributed by atoms with Crippen LogP contribution in [0, 0.1) is 0 Å². The number of alkyl halides is 1. The van der Waals surface area contributed by atoms with Gasteiger partial charge in [0.1, 0.15) is 0 Å². The molecule has 0 aromatic heterocycles. The van der Waals surface area contributed by atoms with E-state index in [4.69, 9.17) is 11.6 Å². The van der Waals surface area contributed by atoms with Gasteiger partial charge in [-0.15, -0.1) is 11.6 Å². The Balaban J connectivity index is 2.09. The fraction of sp³-hybridized carbons (Fsp3) is 1.00. The van der Waals surface area contributed by atoms with Crippen LogP contribution in [0.2, 0.25) is 0 Å². The molecule has 0 amide bonds. The summed E-state index contributed by atoms with van der Waals surface area (Å²) in [7, 11) is 2.08. The molecule has 1 rings (SSSR count). The number of rotatable bonds is 1. The van der Waals surface area contributed by atoms with Crippen LogP contribution >= 0.6 is 11.6 Å². The molecule has 2 heteroatoms. The Hall–Kier alpha value is 0.250. The van der Waals surface area contributed by atoms with E-state index in [0.717, 1.165) is 5.88 Å². The summed E-state index contributed by atoms with van der Waals surface area (Å²) in [6, 6.07) is 0.701. The summed E-state index contributed by atoms with van der Waals surface area (Å²) < 4.78 is 0. The molecule has 1 aliphatic rings. The number of hydrogen-bond acceptors (Lipinski definition) is 1. The number of nitrogens with zero attached hydrogens (tertiary/aromatic N) is 1. The Morgan fingerprint density at radius 3 is 2.50 bits per heavy atom. The molecule has 0 saturated carbocycles. The van der Waals surface area contributed by atoms with Gasteiger partial charge in [-0.1, -0.05) is 0 Å². The standard InChI is InChI=1S/C4H8ClN/c1-6-3-4(6)2-5/h4H,2-3H2,1H3. The lowest BCUT2D eigenvalue weighted by molar-refractivity contribution is 0.640. The molecule has 2 unspecified atom stereocenters. The van der Waals surface area contributed by atoms with E-state index in [-0.39, 0.29) is 0 Å². The van der Waals surface area contributed by atoms with Gasteiger partial charge in [0.15, 0.2) is 0 Å². The largest absolute Gasteiger partial charge is 0.299 e. The molecule has 6 heavy (non-hydrogen) atoms. The minimum Gasteiger partial charge on any atom is -0.299 e. The molecule has 0 aromatic rings. The zero-order valence-corrected chi connectivity index (χ0v) is 4.57. The van der Waals surface area contributed by atoms with Crippen LogP contribution in [-0.2, 0) is 0 Å². The van der Waals surface area contributed by atoms with E-state index >= 15 is 0 Å². The van der Waals surface area contributed by atoms with Crippen LogP contribution in [0.5, 0.6) is 0 Å². The number of likely N-dealkylation sites (N-methyl/N-ethyl adjacent to an activating group) is 1. The van der Waals surface area contributed by atoms with E-state index < -0.39 is 0 Å². The smallest absolute Gasteiger partial charge is 0.0391 e. The third kappa shape index (κ3) is 0.660. The molecule has 0 radical (unpaired) electrons. The van der Waals surface area contributed by atoms with Gasteiger partial charge in [0.05, 0.1) is 0 Å². The second-order valence-electron chi connectivity index (χ2n) is 1.75. The van der Waals surface area contributed by atoms with Crippen molar-refractivity contribution in [3.63, 3.8) is 0 Å². The van der Waals surface area contributed by atoms with E-state index in [2.05, 4.69) is 11.9 Å². The average molecular weight is 106 g/mol. The van der Waals surface area contributed by atoms with Gasteiger partial charge >= 0.3 is 0 Å². The third-order valence-corrected chi connectivity index (χ3v) is 1.52. The minimum absolute atomic E-state index is 0.701. The molecule has 0 bridgehead atoms. The van der Waals surface area contributed by atoms with Crippen molar-refractivity contribution >= 4 is 11.6 Å². The zero-order chi connectivity index (χ0) is 4.57. The molecule has 1 nitrogen and oxygen atoms in total. The summed E-state index contributed by atoms with van der Waals surface area (Å²) in [5.74, 6) is 0.802. The summed E-state index contributed by atoms with van der Waals surface area (Å²) in [6.45, 7) is 1.20. The zero-order valence-electron chi connectivity index (χ0n) is 3.82. The molecule has 1 heterocycles. The Morgan fingerprint density at radius 2 is 2.50 bits per heavy atom. The van der Waals surface area contributed by atoms with Gasteiger partial charge in [0.25, 0.3) is 0 Å². The van der Waals surface area contributed by atoms with Crippen molar-refractivity contribution in [2.45, 2.75) is 6.04 Å². The molecule has 1 aliphatic heterocycles. The lowest BCUT2D eigenvalue weighted by Gasteiger charge is -1.81. The first-order valence-electron chi connectivity index (χ1n) is 2.11. The summed E-state index contributed by atoms with van der Waals surface area (Å²) in [4.78, 5) is 2.22. The van der Waals surface area contributed by atoms with Gasteiger partial charge in [-0.2, -0.15) is 0 Å². The van der Waals surface area contributed by atoms with Crippen molar-refractivity contribution in [3.05, 3.63) is 0 Å². The van der Waals surface area contributed by atoms with E-state index in [9.17, 15) is 0 Å². The van der Waals surface area contributed by atoms with Crippen LogP contribution in [-0.4, -0.2) is 30.4 Å². The first-order chi connectivity index (χ1) is 2.84. The normalized spacial score (nSPS) is 43.0. The van der Waals surface area contributed by atoms with Crippen LogP contribution in [0.25, 0.3) is 0 Å². The minimum atomic E-state index is 0.701. The Morgan fingerprint density at radius 1 is 2.00 bits per heavy atom. The number of hydrogen-bond donors (Lipinski definition) is 0. The van der Waals surface area contributed by atoms with Gasteiger partial charge < -0.3 is 0 Å². The molecule has 0 aliphatic carbocycles.